The van der Waals surface area contributed by atoms with E-state index in [0.29, 0.717) is 47.3 Å². The highest BCUT2D eigenvalue weighted by molar-refractivity contribution is 7.16. The van der Waals surface area contributed by atoms with Crippen LogP contribution in [-0.4, -0.2) is 27.8 Å². The van der Waals surface area contributed by atoms with E-state index >= 15 is 0 Å². The smallest absolute Gasteiger partial charge is 0.281 e. The van der Waals surface area contributed by atoms with Gasteiger partial charge in [0.05, 0.1) is 48.7 Å². The molecule has 0 aliphatic carbocycles. The molecule has 0 radical (unpaired) electrons. The van der Waals surface area contributed by atoms with Crippen molar-refractivity contribution in [2.24, 2.45) is 5.10 Å². The van der Waals surface area contributed by atoms with Gasteiger partial charge < -0.3 is 14.9 Å². The highest BCUT2D eigenvalue weighted by Gasteiger charge is 2.17. The minimum atomic E-state index is -0.474. The van der Waals surface area contributed by atoms with Gasteiger partial charge in [0.25, 0.3) is 11.8 Å². The van der Waals surface area contributed by atoms with Gasteiger partial charge in [-0.3, -0.25) is 9.59 Å². The normalized spacial score (nSPS) is 11.4. The average molecular weight is 535 g/mol. The fourth-order valence-electron chi connectivity index (χ4n) is 2.87. The van der Waals surface area contributed by atoms with Crippen molar-refractivity contribution in [2.75, 3.05) is 0 Å². The number of halogens is 2. The minimum Gasteiger partial charge on any atom is -0.506 e. The number of nitrogens with zero attached hydrogens (tertiary/aromatic N) is 2. The van der Waals surface area contributed by atoms with Crippen molar-refractivity contribution < 1.29 is 19.2 Å². The molecule has 8 nitrogen and oxygen atoms in total. The Morgan fingerprint density at radius 2 is 1.88 bits per heavy atom. The molecule has 174 valence electrons. The molecule has 12 heteroatoms. The first-order valence-corrected chi connectivity index (χ1v) is 12.2. The van der Waals surface area contributed by atoms with Gasteiger partial charge in [0.1, 0.15) is 5.75 Å². The number of benzene rings is 1. The number of carbonyl (C=O) groups is 2. The zero-order chi connectivity index (χ0) is 24.2. The standard InChI is InChI=1S/C22H16Cl2N4O4S2/c1-11(14-10-33-20(19(14)29)12-2-3-15(23)16(24)8-12)27-28-22(31)18-5-4-17(34-18)21(30)25-9-13-6-7-26-32-13/h2-8,10,29H,9H2,1H3,(H,25,30)(H,28,31). The van der Waals surface area contributed by atoms with Crippen molar-refractivity contribution in [3.05, 3.63) is 79.1 Å². The number of aromatic hydroxyl groups is 1. The van der Waals surface area contributed by atoms with Crippen molar-refractivity contribution in [2.45, 2.75) is 13.5 Å². The fraction of sp³-hybridized carbons (Fsp3) is 0.0909. The molecule has 34 heavy (non-hydrogen) atoms. The Labute approximate surface area is 211 Å². The van der Waals surface area contributed by atoms with Gasteiger partial charge in [-0.05, 0) is 36.8 Å². The van der Waals surface area contributed by atoms with Crippen LogP contribution in [0.25, 0.3) is 10.4 Å². The lowest BCUT2D eigenvalue weighted by molar-refractivity contribution is 0.0947. The largest absolute Gasteiger partial charge is 0.506 e. The van der Waals surface area contributed by atoms with Gasteiger partial charge in [0, 0.05) is 11.4 Å². The van der Waals surface area contributed by atoms with Crippen LogP contribution in [0.4, 0.5) is 0 Å². The van der Waals surface area contributed by atoms with Crippen LogP contribution in [0, 0.1) is 0 Å². The molecular weight excluding hydrogens is 519 g/mol. The number of hydrogen-bond acceptors (Lipinski definition) is 8. The number of hydrazone groups is 1. The molecule has 1 aromatic carbocycles. The molecule has 0 unspecified atom stereocenters. The van der Waals surface area contributed by atoms with Gasteiger partial charge in [-0.2, -0.15) is 5.10 Å². The van der Waals surface area contributed by atoms with E-state index in [1.54, 1.807) is 48.7 Å². The molecule has 0 saturated carbocycles. The quantitative estimate of drug-likeness (QED) is 0.212. The lowest BCUT2D eigenvalue weighted by Crippen LogP contribution is -2.21. The first kappa shape index (κ1) is 24.0. The van der Waals surface area contributed by atoms with Gasteiger partial charge in [-0.25, -0.2) is 5.43 Å². The van der Waals surface area contributed by atoms with Gasteiger partial charge in [0.2, 0.25) is 0 Å². The maximum atomic E-state index is 12.5. The summed E-state index contributed by atoms with van der Waals surface area (Å²) >= 11 is 14.4. The Kier molecular flexibility index (Phi) is 7.32. The third kappa shape index (κ3) is 5.31. The Morgan fingerprint density at radius 1 is 1.12 bits per heavy atom. The van der Waals surface area contributed by atoms with E-state index < -0.39 is 5.91 Å². The van der Waals surface area contributed by atoms with E-state index in [1.165, 1.54) is 17.5 Å². The van der Waals surface area contributed by atoms with Crippen LogP contribution >= 0.6 is 45.9 Å². The van der Waals surface area contributed by atoms with E-state index in [-0.39, 0.29) is 18.2 Å². The molecule has 0 atom stereocenters. The molecule has 0 saturated heterocycles. The Balaban J connectivity index is 1.41. The molecule has 3 heterocycles. The molecule has 0 aliphatic heterocycles. The number of hydrogen-bond donors (Lipinski definition) is 3. The molecule has 0 spiro atoms. The van der Waals surface area contributed by atoms with E-state index in [2.05, 4.69) is 21.0 Å². The molecule has 4 rings (SSSR count). The minimum absolute atomic E-state index is 0.0285. The molecule has 0 fully saturated rings. The summed E-state index contributed by atoms with van der Waals surface area (Å²) < 4.78 is 4.93. The average Bonchev–Trinajstić information content (AvgIpc) is 3.58. The number of aromatic nitrogens is 1. The van der Waals surface area contributed by atoms with Gasteiger partial charge in [0.15, 0.2) is 5.76 Å². The van der Waals surface area contributed by atoms with Crippen molar-refractivity contribution in [1.29, 1.82) is 0 Å². The summed E-state index contributed by atoms with van der Waals surface area (Å²) in [7, 11) is 0. The summed E-state index contributed by atoms with van der Waals surface area (Å²) in [6.45, 7) is 1.85. The van der Waals surface area contributed by atoms with Crippen LogP contribution in [-0.2, 0) is 6.54 Å². The lowest BCUT2D eigenvalue weighted by atomic mass is 10.1. The van der Waals surface area contributed by atoms with E-state index in [0.717, 1.165) is 11.3 Å². The molecule has 0 aliphatic rings. The third-order valence-corrected chi connectivity index (χ3v) is 7.47. The number of amides is 2. The highest BCUT2D eigenvalue weighted by Crippen LogP contribution is 2.40. The molecular formula is C22H16Cl2N4O4S2. The van der Waals surface area contributed by atoms with Gasteiger partial charge >= 0.3 is 0 Å². The second kappa shape index (κ2) is 10.4. The van der Waals surface area contributed by atoms with Crippen LogP contribution in [0.1, 0.15) is 37.6 Å². The number of rotatable bonds is 7. The Bertz CT molecular complexity index is 1380. The predicted octanol–water partition coefficient (Wildman–Crippen LogP) is 5.56. The van der Waals surface area contributed by atoms with Crippen molar-refractivity contribution in [3.63, 3.8) is 0 Å². The Morgan fingerprint density at radius 3 is 2.59 bits per heavy atom. The van der Waals surface area contributed by atoms with Crippen LogP contribution in [0.5, 0.6) is 5.75 Å². The van der Waals surface area contributed by atoms with Gasteiger partial charge in [-0.15, -0.1) is 22.7 Å². The summed E-state index contributed by atoms with van der Waals surface area (Å²) in [6, 6.07) is 9.83. The zero-order valence-electron chi connectivity index (χ0n) is 17.5. The maximum absolute atomic E-state index is 12.5. The third-order valence-electron chi connectivity index (χ3n) is 4.63. The monoisotopic (exact) mass is 534 g/mol. The number of carbonyl (C=O) groups excluding carboxylic acids is 2. The van der Waals surface area contributed by atoms with E-state index in [1.807, 2.05) is 0 Å². The topological polar surface area (TPSA) is 117 Å². The second-order valence-corrected chi connectivity index (χ2v) is 9.70. The lowest BCUT2D eigenvalue weighted by Gasteiger charge is -2.04. The SMILES string of the molecule is CC(=NNC(=O)c1ccc(C(=O)NCc2ccno2)s1)c1csc(-c2ccc(Cl)c(Cl)c2)c1O. The van der Waals surface area contributed by atoms with Gasteiger partial charge in [-0.1, -0.05) is 34.4 Å². The van der Waals surface area contributed by atoms with Crippen molar-refractivity contribution >= 4 is 63.4 Å². The van der Waals surface area contributed by atoms with E-state index in [9.17, 15) is 14.7 Å². The first-order chi connectivity index (χ1) is 16.3. The molecule has 3 N–H and O–H groups in total. The number of nitrogens with one attached hydrogen (secondary N) is 2. The van der Waals surface area contributed by atoms with Crippen LogP contribution in [0.15, 0.2) is 57.6 Å². The predicted molar refractivity (Wildman–Crippen MR) is 133 cm³/mol. The molecule has 3 aromatic heterocycles. The highest BCUT2D eigenvalue weighted by atomic mass is 35.5. The fourth-order valence-corrected chi connectivity index (χ4v) is 4.98. The van der Waals surface area contributed by atoms with Crippen LogP contribution in [0.2, 0.25) is 10.0 Å². The Hall–Kier alpha value is -3.18. The van der Waals surface area contributed by atoms with Crippen molar-refractivity contribution in [1.82, 2.24) is 15.9 Å². The number of thiophene rings is 2. The first-order valence-electron chi connectivity index (χ1n) is 9.72. The summed E-state index contributed by atoms with van der Waals surface area (Å²) in [6.07, 6.45) is 1.49. The molecule has 4 aromatic rings. The zero-order valence-corrected chi connectivity index (χ0v) is 20.6. The summed E-state index contributed by atoms with van der Waals surface area (Å²) in [4.78, 5) is 26.0. The van der Waals surface area contributed by atoms with Crippen LogP contribution < -0.4 is 10.7 Å². The molecule has 0 bridgehead atoms. The second-order valence-electron chi connectivity index (χ2n) is 6.92. The summed E-state index contributed by atoms with van der Waals surface area (Å²) in [5.74, 6) is -0.261. The summed E-state index contributed by atoms with van der Waals surface area (Å²) in [5.41, 5.74) is 4.06. The van der Waals surface area contributed by atoms with Crippen molar-refractivity contribution in [3.8, 4) is 16.2 Å². The van der Waals surface area contributed by atoms with E-state index in [4.69, 9.17) is 27.7 Å². The maximum Gasteiger partial charge on any atom is 0.281 e. The molecule has 2 amide bonds. The van der Waals surface area contributed by atoms with Crippen LogP contribution in [0.3, 0.4) is 0 Å². The summed E-state index contributed by atoms with van der Waals surface area (Å²) in [5, 5.41) is 23.6.